The van der Waals surface area contributed by atoms with Gasteiger partial charge in [-0.25, -0.2) is 4.79 Å². The normalized spacial score (nSPS) is 18.0. The fourth-order valence-corrected chi connectivity index (χ4v) is 1.87. The predicted octanol–water partition coefficient (Wildman–Crippen LogP) is 2.85. The van der Waals surface area contributed by atoms with Crippen molar-refractivity contribution in [2.45, 2.75) is 6.42 Å². The first-order chi connectivity index (χ1) is 7.58. The van der Waals surface area contributed by atoms with Crippen LogP contribution in [0.1, 0.15) is 12.0 Å². The first kappa shape index (κ1) is 11.2. The number of cyclic esters (lactones) is 2. The molecule has 1 aliphatic rings. The van der Waals surface area contributed by atoms with Gasteiger partial charge in [0.2, 0.25) is 0 Å². The number of hydrogen-bond acceptors (Lipinski definition) is 3. The average Bonchev–Trinajstić information content (AvgIpc) is 2.51. The third-order valence-electron chi connectivity index (χ3n) is 2.12. The van der Waals surface area contributed by atoms with Gasteiger partial charge in [-0.3, -0.25) is 4.79 Å². The molecule has 0 aliphatic carbocycles. The smallest absolute Gasteiger partial charge is 0.342 e. The molecule has 5 heteroatoms. The van der Waals surface area contributed by atoms with Crippen LogP contribution in [0.25, 0.3) is 6.08 Å². The molecule has 1 aromatic carbocycles. The maximum atomic E-state index is 11.2. The molecule has 1 aromatic rings. The van der Waals surface area contributed by atoms with Gasteiger partial charge in [0.1, 0.15) is 0 Å². The zero-order valence-electron chi connectivity index (χ0n) is 8.00. The van der Waals surface area contributed by atoms with Gasteiger partial charge in [0.05, 0.1) is 6.42 Å². The fourth-order valence-electron chi connectivity index (χ4n) is 1.37. The van der Waals surface area contributed by atoms with Crippen LogP contribution in [0, 0.1) is 0 Å². The van der Waals surface area contributed by atoms with Crippen molar-refractivity contribution < 1.29 is 14.3 Å². The molecule has 2 rings (SSSR count). The summed E-state index contributed by atoms with van der Waals surface area (Å²) in [6.45, 7) is 0. The van der Waals surface area contributed by atoms with E-state index in [1.54, 1.807) is 18.2 Å². The Balaban J connectivity index is 2.44. The second-order valence-corrected chi connectivity index (χ2v) is 4.06. The van der Waals surface area contributed by atoms with Crippen LogP contribution in [-0.2, 0) is 14.3 Å². The molecular weight excluding hydrogens is 251 g/mol. The molecule has 0 unspecified atom stereocenters. The van der Waals surface area contributed by atoms with Crippen molar-refractivity contribution in [1.29, 1.82) is 0 Å². The lowest BCUT2D eigenvalue weighted by molar-refractivity contribution is -0.151. The molecule has 82 valence electrons. The van der Waals surface area contributed by atoms with Gasteiger partial charge in [-0.1, -0.05) is 29.3 Å². The minimum Gasteiger partial charge on any atom is -0.389 e. The Morgan fingerprint density at radius 2 is 1.81 bits per heavy atom. The highest BCUT2D eigenvalue weighted by Crippen LogP contribution is 2.28. The summed E-state index contributed by atoms with van der Waals surface area (Å²) in [5.41, 5.74) is 0.785. The van der Waals surface area contributed by atoms with Gasteiger partial charge in [-0.2, -0.15) is 0 Å². The van der Waals surface area contributed by atoms with Crippen LogP contribution in [0.2, 0.25) is 10.0 Å². The van der Waals surface area contributed by atoms with Crippen molar-refractivity contribution >= 4 is 41.2 Å². The highest BCUT2D eigenvalue weighted by molar-refractivity contribution is 6.37. The molecule has 1 fully saturated rings. The maximum Gasteiger partial charge on any atom is 0.342 e. The molecule has 0 bridgehead atoms. The monoisotopic (exact) mass is 256 g/mol. The predicted molar refractivity (Wildman–Crippen MR) is 60.2 cm³/mol. The fraction of sp³-hybridized carbons (Fsp3) is 0.0909. The largest absolute Gasteiger partial charge is 0.389 e. The molecular formula is C11H6Cl2O3. The van der Waals surface area contributed by atoms with Crippen LogP contribution >= 0.6 is 23.2 Å². The van der Waals surface area contributed by atoms with E-state index in [1.807, 2.05) is 0 Å². The van der Waals surface area contributed by atoms with E-state index in [9.17, 15) is 9.59 Å². The lowest BCUT2D eigenvalue weighted by Gasteiger charge is -2.01. The molecule has 0 aromatic heterocycles. The molecule has 16 heavy (non-hydrogen) atoms. The summed E-state index contributed by atoms with van der Waals surface area (Å²) in [5.74, 6) is -1.19. The van der Waals surface area contributed by atoms with Gasteiger partial charge in [-0.05, 0) is 18.2 Å². The minimum absolute atomic E-state index is 0.0413. The quantitative estimate of drug-likeness (QED) is 0.441. The number of carbonyl (C=O) groups excluding carboxylic acids is 2. The maximum absolute atomic E-state index is 11.2. The summed E-state index contributed by atoms with van der Waals surface area (Å²) in [6, 6.07) is 5.01. The summed E-state index contributed by atoms with van der Waals surface area (Å²) in [7, 11) is 0. The summed E-state index contributed by atoms with van der Waals surface area (Å²) < 4.78 is 4.39. The zero-order chi connectivity index (χ0) is 11.7. The number of ether oxygens (including phenoxy) is 1. The first-order valence-electron chi connectivity index (χ1n) is 4.47. The van der Waals surface area contributed by atoms with Gasteiger partial charge in [0.25, 0.3) is 0 Å². The van der Waals surface area contributed by atoms with Gasteiger partial charge in [-0.15, -0.1) is 0 Å². The molecule has 1 aliphatic heterocycles. The Morgan fingerprint density at radius 3 is 2.31 bits per heavy atom. The molecule has 0 amide bonds. The average molecular weight is 257 g/mol. The van der Waals surface area contributed by atoms with Crippen molar-refractivity contribution in [2.75, 3.05) is 0 Å². The lowest BCUT2D eigenvalue weighted by atomic mass is 10.1. The van der Waals surface area contributed by atoms with Crippen molar-refractivity contribution in [1.82, 2.24) is 0 Å². The molecule has 0 radical (unpaired) electrons. The van der Waals surface area contributed by atoms with Crippen LogP contribution in [0.5, 0.6) is 0 Å². The van der Waals surface area contributed by atoms with E-state index in [2.05, 4.69) is 4.74 Å². The number of carbonyl (C=O) groups is 2. The van der Waals surface area contributed by atoms with E-state index in [-0.39, 0.29) is 12.0 Å². The van der Waals surface area contributed by atoms with Crippen LogP contribution in [0.4, 0.5) is 0 Å². The Labute approximate surface area is 102 Å². The van der Waals surface area contributed by atoms with Crippen LogP contribution < -0.4 is 0 Å². The SMILES string of the molecule is O=C1CC(=Cc2c(Cl)cccc2Cl)C(=O)O1. The van der Waals surface area contributed by atoms with Crippen molar-refractivity contribution in [3.63, 3.8) is 0 Å². The zero-order valence-corrected chi connectivity index (χ0v) is 9.51. The highest BCUT2D eigenvalue weighted by atomic mass is 35.5. The Kier molecular flexibility index (Phi) is 2.99. The van der Waals surface area contributed by atoms with E-state index in [0.717, 1.165) is 0 Å². The number of benzene rings is 1. The summed E-state index contributed by atoms with van der Waals surface area (Å²) in [4.78, 5) is 22.1. The number of esters is 2. The van der Waals surface area contributed by atoms with Gasteiger partial charge in [0.15, 0.2) is 0 Å². The van der Waals surface area contributed by atoms with Crippen molar-refractivity contribution in [3.8, 4) is 0 Å². The lowest BCUT2D eigenvalue weighted by Crippen LogP contribution is -1.97. The summed E-state index contributed by atoms with van der Waals surface area (Å²) in [6.07, 6.45) is 1.44. The Hall–Kier alpha value is -1.32. The minimum atomic E-state index is -0.638. The topological polar surface area (TPSA) is 43.4 Å². The van der Waals surface area contributed by atoms with Crippen molar-refractivity contribution in [2.24, 2.45) is 0 Å². The molecule has 0 atom stereocenters. The molecule has 0 saturated carbocycles. The van der Waals surface area contributed by atoms with E-state index in [1.165, 1.54) is 6.08 Å². The number of rotatable bonds is 1. The second-order valence-electron chi connectivity index (χ2n) is 3.24. The number of hydrogen-bond donors (Lipinski definition) is 0. The Morgan fingerprint density at radius 1 is 1.19 bits per heavy atom. The Bertz CT molecular complexity index is 486. The molecule has 3 nitrogen and oxygen atoms in total. The van der Waals surface area contributed by atoms with E-state index in [0.29, 0.717) is 15.6 Å². The number of halogens is 2. The van der Waals surface area contributed by atoms with Crippen molar-refractivity contribution in [3.05, 3.63) is 39.4 Å². The third kappa shape index (κ3) is 2.10. The van der Waals surface area contributed by atoms with E-state index in [4.69, 9.17) is 23.2 Å². The first-order valence-corrected chi connectivity index (χ1v) is 5.23. The standard InChI is InChI=1S/C11H6Cl2O3/c12-8-2-1-3-9(13)7(8)4-6-5-10(14)16-11(6)15/h1-4H,5H2. The summed E-state index contributed by atoms with van der Waals surface area (Å²) >= 11 is 11.9. The second kappa shape index (κ2) is 4.28. The van der Waals surface area contributed by atoms with Crippen LogP contribution in [0.15, 0.2) is 23.8 Å². The molecule has 0 spiro atoms. The van der Waals surface area contributed by atoms with Crippen LogP contribution in [-0.4, -0.2) is 11.9 Å². The molecule has 1 heterocycles. The van der Waals surface area contributed by atoms with Gasteiger partial charge >= 0.3 is 11.9 Å². The van der Waals surface area contributed by atoms with Crippen LogP contribution in [0.3, 0.4) is 0 Å². The van der Waals surface area contributed by atoms with E-state index < -0.39 is 11.9 Å². The van der Waals surface area contributed by atoms with Gasteiger partial charge in [0, 0.05) is 21.2 Å². The molecule has 0 N–H and O–H groups in total. The highest BCUT2D eigenvalue weighted by Gasteiger charge is 2.27. The third-order valence-corrected chi connectivity index (χ3v) is 2.78. The molecule has 1 saturated heterocycles. The summed E-state index contributed by atoms with van der Waals surface area (Å²) in [5, 5.41) is 0.847. The van der Waals surface area contributed by atoms with E-state index >= 15 is 0 Å². The van der Waals surface area contributed by atoms with Gasteiger partial charge < -0.3 is 4.74 Å².